The first-order valence-corrected chi connectivity index (χ1v) is 5.56. The molecule has 10 heteroatoms. The van der Waals surface area contributed by atoms with Crippen molar-refractivity contribution in [1.82, 2.24) is 0 Å². The van der Waals surface area contributed by atoms with Crippen LogP contribution < -0.4 is 0 Å². The van der Waals surface area contributed by atoms with Crippen molar-refractivity contribution in [2.75, 3.05) is 0 Å². The van der Waals surface area contributed by atoms with Crippen LogP contribution in [0.2, 0.25) is 0 Å². The van der Waals surface area contributed by atoms with Crippen LogP contribution in [0.4, 0.5) is 0 Å². The van der Waals surface area contributed by atoms with Gasteiger partial charge in [-0.05, 0) is 6.92 Å². The summed E-state index contributed by atoms with van der Waals surface area (Å²) in [5.74, 6) is 0. The molecule has 0 heterocycles. The highest BCUT2D eigenvalue weighted by molar-refractivity contribution is 7.71. The molecule has 0 aliphatic carbocycles. The van der Waals surface area contributed by atoms with Gasteiger partial charge in [0, 0.05) is 0 Å². The highest BCUT2D eigenvalue weighted by atomic mass is 31.2. The Labute approximate surface area is 70.3 Å². The van der Waals surface area contributed by atoms with Gasteiger partial charge in [-0.15, -0.1) is 0 Å². The van der Waals surface area contributed by atoms with Gasteiger partial charge in [-0.1, -0.05) is 0 Å². The Balaban J connectivity index is 0. The lowest BCUT2D eigenvalue weighted by atomic mass is 10.8. The molecule has 0 aromatic rings. The maximum absolute atomic E-state index is 10.3. The van der Waals surface area contributed by atoms with Crippen molar-refractivity contribution < 1.29 is 33.8 Å². The van der Waals surface area contributed by atoms with Crippen molar-refractivity contribution in [2.24, 2.45) is 0 Å². The van der Waals surface area contributed by atoms with E-state index in [2.05, 4.69) is 0 Å². The van der Waals surface area contributed by atoms with Crippen LogP contribution in [0.25, 0.3) is 0 Å². The molecule has 74 valence electrons. The second-order valence-corrected chi connectivity index (χ2v) is 6.33. The van der Waals surface area contributed by atoms with Crippen LogP contribution in [0.1, 0.15) is 6.92 Å². The van der Waals surface area contributed by atoms with Gasteiger partial charge in [0.15, 0.2) is 0 Å². The molecule has 0 rings (SSSR count). The summed E-state index contributed by atoms with van der Waals surface area (Å²) in [4.78, 5) is 33.0. The van der Waals surface area contributed by atoms with E-state index in [1.807, 2.05) is 0 Å². The van der Waals surface area contributed by atoms with Gasteiger partial charge in [0.25, 0.3) is 5.08 Å². The molecule has 0 bridgehead atoms. The van der Waals surface area contributed by atoms with Gasteiger partial charge in [0.1, 0.15) is 0 Å². The normalized spacial score (nSPS) is 13.8. The number of hydrogen-bond acceptors (Lipinski definition) is 3. The Bertz CT molecular complexity index is 212. The van der Waals surface area contributed by atoms with E-state index >= 15 is 0 Å². The molecule has 12 heavy (non-hydrogen) atoms. The van der Waals surface area contributed by atoms with Gasteiger partial charge in [-0.25, -0.2) is 0 Å². The molecule has 0 spiro atoms. The highest BCUT2D eigenvalue weighted by Gasteiger charge is 2.55. The zero-order valence-corrected chi connectivity index (χ0v) is 7.24. The third-order valence-corrected chi connectivity index (χ3v) is 4.87. The zero-order chi connectivity index (χ0) is 9.50. The number of rotatable bonds is 2. The second-order valence-electron chi connectivity index (χ2n) is 2.06. The van der Waals surface area contributed by atoms with Crippen molar-refractivity contribution in [3.05, 3.63) is 0 Å². The highest BCUT2D eigenvalue weighted by Crippen LogP contribution is 2.66. The average molecular weight is 220 g/mol. The van der Waals surface area contributed by atoms with Crippen molar-refractivity contribution in [3.63, 3.8) is 0 Å². The van der Waals surface area contributed by atoms with Crippen LogP contribution in [-0.2, 0) is 9.13 Å². The summed E-state index contributed by atoms with van der Waals surface area (Å²) in [5, 5.41) is 5.37. The molecule has 0 unspecified atom stereocenters. The fourth-order valence-electron chi connectivity index (χ4n) is 0.170. The van der Waals surface area contributed by atoms with Gasteiger partial charge in [0.05, 0.1) is 8.41 Å². The number of hydrogen-bond donors (Lipinski definition) is 5. The zero-order valence-electron chi connectivity index (χ0n) is 5.45. The average Bonchev–Trinajstić information content (AvgIpc) is 1.58. The van der Waals surface area contributed by atoms with Crippen LogP contribution in [-0.4, -0.2) is 38.2 Å². The lowest BCUT2D eigenvalue weighted by Gasteiger charge is -2.24. The smallest absolute Gasteiger partial charge is 0.368 e. The standard InChI is InChI=1S/C2H8O7P2.BH3/c1-2(3,10(4,5)6)11(7,8)9;/h3H,1H3,(H2,4,5,6)(H2,7,8,9);1H3. The molecule has 7 nitrogen and oxygen atoms in total. The van der Waals surface area contributed by atoms with Gasteiger partial charge in [-0.2, -0.15) is 0 Å². The molecule has 0 aliphatic heterocycles. The first-order chi connectivity index (χ1) is 4.50. The summed E-state index contributed by atoms with van der Waals surface area (Å²) >= 11 is 0. The first-order valence-electron chi connectivity index (χ1n) is 2.34. The van der Waals surface area contributed by atoms with Crippen LogP contribution in [0.15, 0.2) is 0 Å². The van der Waals surface area contributed by atoms with E-state index in [-0.39, 0.29) is 8.41 Å². The minimum atomic E-state index is -5.20. The predicted octanol–water partition coefficient (Wildman–Crippen LogP) is -2.18. The van der Waals surface area contributed by atoms with Crippen LogP contribution in [0, 0.1) is 0 Å². The monoisotopic (exact) mass is 220 g/mol. The second kappa shape index (κ2) is 3.60. The van der Waals surface area contributed by atoms with E-state index in [9.17, 15) is 9.13 Å². The summed E-state index contributed by atoms with van der Waals surface area (Å²) in [7, 11) is -10.4. The Morgan fingerprint density at radius 1 is 1.00 bits per heavy atom. The lowest BCUT2D eigenvalue weighted by molar-refractivity contribution is 0.146. The summed E-state index contributed by atoms with van der Waals surface area (Å²) in [5.41, 5.74) is 0. The fourth-order valence-corrected chi connectivity index (χ4v) is 1.53. The fraction of sp³-hybridized carbons (Fsp3) is 1.00. The van der Waals surface area contributed by atoms with E-state index in [1.54, 1.807) is 0 Å². The van der Waals surface area contributed by atoms with Crippen molar-refractivity contribution in [1.29, 1.82) is 0 Å². The summed E-state index contributed by atoms with van der Waals surface area (Å²) in [6.07, 6.45) is 0. The minimum absolute atomic E-state index is 0. The van der Waals surface area contributed by atoms with E-state index < -0.39 is 20.3 Å². The van der Waals surface area contributed by atoms with E-state index in [0.29, 0.717) is 6.92 Å². The Morgan fingerprint density at radius 2 is 1.17 bits per heavy atom. The summed E-state index contributed by atoms with van der Waals surface area (Å²) < 4.78 is 20.5. The molecule has 0 saturated carbocycles. The quantitative estimate of drug-likeness (QED) is 0.263. The Hall–Kier alpha value is 0.325. The number of aliphatic hydroxyl groups is 1. The topological polar surface area (TPSA) is 135 Å². The van der Waals surface area contributed by atoms with Crippen LogP contribution in [0.5, 0.6) is 0 Å². The Morgan fingerprint density at radius 3 is 1.17 bits per heavy atom. The molecule has 0 aromatic heterocycles. The lowest BCUT2D eigenvalue weighted by Crippen LogP contribution is -2.23. The third kappa shape index (κ3) is 2.67. The van der Waals surface area contributed by atoms with Gasteiger partial charge in [-0.3, -0.25) is 9.13 Å². The molecular formula is C2H11BO7P2. The maximum atomic E-state index is 10.3. The van der Waals surface area contributed by atoms with E-state index in [1.165, 1.54) is 0 Å². The molecule has 0 aliphatic rings. The molecule has 0 radical (unpaired) electrons. The molecule has 5 N–H and O–H groups in total. The maximum Gasteiger partial charge on any atom is 0.369 e. The summed E-state index contributed by atoms with van der Waals surface area (Å²) in [6.45, 7) is 0.383. The van der Waals surface area contributed by atoms with Crippen LogP contribution in [0.3, 0.4) is 0 Å². The largest absolute Gasteiger partial charge is 0.369 e. The van der Waals surface area contributed by atoms with Crippen molar-refractivity contribution in [3.8, 4) is 0 Å². The van der Waals surface area contributed by atoms with E-state index in [4.69, 9.17) is 24.7 Å². The van der Waals surface area contributed by atoms with Crippen LogP contribution >= 0.6 is 15.2 Å². The van der Waals surface area contributed by atoms with E-state index in [0.717, 1.165) is 0 Å². The molecule has 0 atom stereocenters. The predicted molar refractivity (Wildman–Crippen MR) is 44.7 cm³/mol. The minimum Gasteiger partial charge on any atom is -0.368 e. The molecular weight excluding hydrogens is 209 g/mol. The van der Waals surface area contributed by atoms with Crippen molar-refractivity contribution >= 4 is 23.6 Å². The SMILES string of the molecule is B.CC(O)(P(=O)(O)O)P(=O)(O)O. The Kier molecular flexibility index (Phi) is 4.44. The van der Waals surface area contributed by atoms with Gasteiger partial charge in [0.2, 0.25) is 0 Å². The molecule has 0 fully saturated rings. The molecule has 0 saturated heterocycles. The third-order valence-electron chi connectivity index (χ3n) is 1.10. The molecule has 0 aromatic carbocycles. The van der Waals surface area contributed by atoms with Gasteiger partial charge >= 0.3 is 15.2 Å². The molecule has 0 amide bonds. The first kappa shape index (κ1) is 14.8. The summed E-state index contributed by atoms with van der Waals surface area (Å²) in [6, 6.07) is 0. The van der Waals surface area contributed by atoms with Crippen molar-refractivity contribution in [2.45, 2.75) is 12.0 Å². The van der Waals surface area contributed by atoms with Gasteiger partial charge < -0.3 is 24.7 Å².